The van der Waals surface area contributed by atoms with E-state index >= 15 is 0 Å². The summed E-state index contributed by atoms with van der Waals surface area (Å²) in [7, 11) is 3.45. The van der Waals surface area contributed by atoms with E-state index in [1.165, 1.54) is 11.3 Å². The van der Waals surface area contributed by atoms with Crippen molar-refractivity contribution in [2.24, 2.45) is 0 Å². The monoisotopic (exact) mass is 381 g/mol. The van der Waals surface area contributed by atoms with Crippen molar-refractivity contribution in [1.82, 2.24) is 4.98 Å². The zero-order chi connectivity index (χ0) is 18.8. The number of hydrogen-bond donors (Lipinski definition) is 3. The van der Waals surface area contributed by atoms with Crippen molar-refractivity contribution in [3.63, 3.8) is 0 Å². The molecular formula is C20H19N3O3S. The average molecular weight is 381 g/mol. The first-order valence-corrected chi connectivity index (χ1v) is 9.30. The number of aliphatic hydroxyl groups is 1. The highest BCUT2D eigenvalue weighted by atomic mass is 32.1. The van der Waals surface area contributed by atoms with Crippen LogP contribution in [0.5, 0.6) is 11.5 Å². The molecule has 2 heterocycles. The quantitative estimate of drug-likeness (QED) is 0.615. The number of hydrogen-bond acceptors (Lipinski definition) is 7. The number of ether oxygens (including phenoxy) is 2. The largest absolute Gasteiger partial charge is 0.495 e. The zero-order valence-corrected chi connectivity index (χ0v) is 15.7. The molecule has 0 bridgehead atoms. The molecule has 1 aliphatic rings. The lowest BCUT2D eigenvalue weighted by Crippen LogP contribution is -2.22. The van der Waals surface area contributed by atoms with E-state index in [0.29, 0.717) is 22.1 Å². The number of fused-ring (bicyclic) bond motifs is 1. The third-order valence-corrected chi connectivity index (χ3v) is 5.03. The van der Waals surface area contributed by atoms with E-state index in [0.717, 1.165) is 22.7 Å². The first-order chi connectivity index (χ1) is 13.2. The fraction of sp³-hybridized carbons (Fsp3) is 0.150. The molecule has 1 aromatic heterocycles. The van der Waals surface area contributed by atoms with E-state index in [4.69, 9.17) is 9.47 Å². The normalized spacial score (nSPS) is 15.4. The molecular weight excluding hydrogens is 362 g/mol. The highest BCUT2D eigenvalue weighted by Crippen LogP contribution is 2.39. The molecule has 6 nitrogen and oxygen atoms in total. The summed E-state index contributed by atoms with van der Waals surface area (Å²) in [5.41, 5.74) is 3.86. The molecule has 4 rings (SSSR count). The van der Waals surface area contributed by atoms with Gasteiger partial charge in [-0.2, -0.15) is 0 Å². The second kappa shape index (κ2) is 7.30. The number of benzene rings is 2. The molecule has 0 spiro atoms. The number of aromatic nitrogens is 1. The number of nitrogens with zero attached hydrogens (tertiary/aromatic N) is 1. The molecule has 0 aliphatic carbocycles. The van der Waals surface area contributed by atoms with Gasteiger partial charge < -0.3 is 25.2 Å². The summed E-state index contributed by atoms with van der Waals surface area (Å²) in [5.74, 6) is 1.38. The Morgan fingerprint density at radius 1 is 1.15 bits per heavy atom. The lowest BCUT2D eigenvalue weighted by Gasteiger charge is -2.24. The average Bonchev–Trinajstić information content (AvgIpc) is 3.15. The van der Waals surface area contributed by atoms with Crippen LogP contribution in [0, 0.1) is 0 Å². The maximum atomic E-state index is 10.5. The van der Waals surface area contributed by atoms with Gasteiger partial charge in [0, 0.05) is 23.6 Å². The van der Waals surface area contributed by atoms with Gasteiger partial charge in [0.05, 0.1) is 24.2 Å². The lowest BCUT2D eigenvalue weighted by molar-refractivity contribution is 0.0324. The Morgan fingerprint density at radius 3 is 2.78 bits per heavy atom. The van der Waals surface area contributed by atoms with Gasteiger partial charge in [0.2, 0.25) is 6.29 Å². The van der Waals surface area contributed by atoms with Gasteiger partial charge in [0.15, 0.2) is 10.9 Å². The standard InChI is InChI=1S/C20H19N3O3S/c1-21-15-8-5-6-12-10-13(19(24)26-18(12)15)16-11-27-20(23-16)22-14-7-3-4-9-17(14)25-2/h3-11,19,21,24H,1-2H3,(H,22,23). The SMILES string of the molecule is CNc1cccc2c1OC(O)C(c1csc(Nc3ccccc3OC)n1)=C2. The zero-order valence-electron chi connectivity index (χ0n) is 14.9. The molecule has 27 heavy (non-hydrogen) atoms. The van der Waals surface area contributed by atoms with Crippen LogP contribution in [0.4, 0.5) is 16.5 Å². The maximum absolute atomic E-state index is 10.5. The number of nitrogens with one attached hydrogen (secondary N) is 2. The third-order valence-electron chi connectivity index (χ3n) is 4.27. The Hall–Kier alpha value is -3.03. The van der Waals surface area contributed by atoms with Crippen molar-refractivity contribution in [2.45, 2.75) is 6.29 Å². The van der Waals surface area contributed by atoms with E-state index in [1.807, 2.05) is 61.0 Å². The van der Waals surface area contributed by atoms with Crippen molar-refractivity contribution in [2.75, 3.05) is 24.8 Å². The van der Waals surface area contributed by atoms with Crippen molar-refractivity contribution in [3.8, 4) is 11.5 Å². The van der Waals surface area contributed by atoms with Gasteiger partial charge in [0.1, 0.15) is 5.75 Å². The Bertz CT molecular complexity index is 1000. The molecule has 1 unspecified atom stereocenters. The molecule has 2 aromatic carbocycles. The molecule has 0 saturated carbocycles. The van der Waals surface area contributed by atoms with Crippen LogP contribution in [-0.2, 0) is 0 Å². The molecule has 0 saturated heterocycles. The fourth-order valence-electron chi connectivity index (χ4n) is 2.94. The van der Waals surface area contributed by atoms with Crippen LogP contribution < -0.4 is 20.1 Å². The predicted molar refractivity (Wildman–Crippen MR) is 109 cm³/mol. The summed E-state index contributed by atoms with van der Waals surface area (Å²) in [5, 5.41) is 19.4. The molecule has 1 atom stereocenters. The summed E-state index contributed by atoms with van der Waals surface area (Å²) in [4.78, 5) is 4.60. The van der Waals surface area contributed by atoms with E-state index in [9.17, 15) is 5.11 Å². The predicted octanol–water partition coefficient (Wildman–Crippen LogP) is 4.19. The van der Waals surface area contributed by atoms with Gasteiger partial charge >= 0.3 is 0 Å². The lowest BCUT2D eigenvalue weighted by atomic mass is 10.0. The molecule has 0 radical (unpaired) electrons. The van der Waals surface area contributed by atoms with E-state index < -0.39 is 6.29 Å². The van der Waals surface area contributed by atoms with Gasteiger partial charge in [-0.1, -0.05) is 24.3 Å². The van der Waals surface area contributed by atoms with Gasteiger partial charge in [-0.15, -0.1) is 11.3 Å². The second-order valence-corrected chi connectivity index (χ2v) is 6.77. The molecule has 0 fully saturated rings. The number of methoxy groups -OCH3 is 1. The number of thiazole rings is 1. The van der Waals surface area contributed by atoms with Gasteiger partial charge in [-0.3, -0.25) is 0 Å². The van der Waals surface area contributed by atoms with Crippen LogP contribution in [0.25, 0.3) is 11.6 Å². The van der Waals surface area contributed by atoms with Gasteiger partial charge in [-0.05, 0) is 24.3 Å². The number of anilines is 3. The maximum Gasteiger partial charge on any atom is 0.226 e. The molecule has 3 N–H and O–H groups in total. The Balaban J connectivity index is 1.64. The molecule has 1 aliphatic heterocycles. The van der Waals surface area contributed by atoms with Crippen LogP contribution in [0.1, 0.15) is 11.3 Å². The van der Waals surface area contributed by atoms with Crippen molar-refractivity contribution in [3.05, 3.63) is 59.1 Å². The highest BCUT2D eigenvalue weighted by Gasteiger charge is 2.25. The van der Waals surface area contributed by atoms with Crippen LogP contribution >= 0.6 is 11.3 Å². The highest BCUT2D eigenvalue weighted by molar-refractivity contribution is 7.13. The molecule has 0 amide bonds. The smallest absolute Gasteiger partial charge is 0.226 e. The minimum absolute atomic E-state index is 0.625. The molecule has 3 aromatic rings. The van der Waals surface area contributed by atoms with Crippen LogP contribution in [0.3, 0.4) is 0 Å². The van der Waals surface area contributed by atoms with Crippen LogP contribution in [0.2, 0.25) is 0 Å². The van der Waals surface area contributed by atoms with Crippen molar-refractivity contribution in [1.29, 1.82) is 0 Å². The Labute approximate surface area is 161 Å². The van der Waals surface area contributed by atoms with Crippen molar-refractivity contribution < 1.29 is 14.6 Å². The Kier molecular flexibility index (Phi) is 4.70. The Morgan fingerprint density at radius 2 is 1.96 bits per heavy atom. The van der Waals surface area contributed by atoms with Crippen LogP contribution in [-0.4, -0.2) is 30.5 Å². The molecule has 138 valence electrons. The number of rotatable bonds is 5. The number of para-hydroxylation sites is 3. The second-order valence-electron chi connectivity index (χ2n) is 5.91. The molecule has 7 heteroatoms. The van der Waals surface area contributed by atoms with Gasteiger partial charge in [0.25, 0.3) is 0 Å². The minimum atomic E-state index is -1.08. The topological polar surface area (TPSA) is 75.6 Å². The summed E-state index contributed by atoms with van der Waals surface area (Å²) in [6, 6.07) is 13.4. The summed E-state index contributed by atoms with van der Waals surface area (Å²) in [6.45, 7) is 0. The number of aliphatic hydroxyl groups excluding tert-OH is 1. The van der Waals surface area contributed by atoms with E-state index in [-0.39, 0.29) is 0 Å². The minimum Gasteiger partial charge on any atom is -0.495 e. The van der Waals surface area contributed by atoms with Crippen LogP contribution in [0.15, 0.2) is 47.8 Å². The first kappa shape index (κ1) is 17.4. The fourth-order valence-corrected chi connectivity index (χ4v) is 3.67. The third kappa shape index (κ3) is 3.34. The summed E-state index contributed by atoms with van der Waals surface area (Å²) >= 11 is 1.45. The summed E-state index contributed by atoms with van der Waals surface area (Å²) in [6.07, 6.45) is 0.833. The van der Waals surface area contributed by atoms with E-state index in [1.54, 1.807) is 7.11 Å². The van der Waals surface area contributed by atoms with E-state index in [2.05, 4.69) is 15.6 Å². The first-order valence-electron chi connectivity index (χ1n) is 8.42. The summed E-state index contributed by atoms with van der Waals surface area (Å²) < 4.78 is 11.1. The van der Waals surface area contributed by atoms with Crippen molar-refractivity contribution >= 4 is 39.5 Å². The van der Waals surface area contributed by atoms with Gasteiger partial charge in [-0.25, -0.2) is 4.98 Å².